The summed E-state index contributed by atoms with van der Waals surface area (Å²) in [6, 6.07) is 24.1. The Morgan fingerprint density at radius 2 is 1.73 bits per heavy atom. The lowest BCUT2D eigenvalue weighted by Gasteiger charge is -2.10. The number of rotatable bonds is 7. The summed E-state index contributed by atoms with van der Waals surface area (Å²) in [5.74, 6) is 1.13. The smallest absolute Gasteiger partial charge is 0.319 e. The summed E-state index contributed by atoms with van der Waals surface area (Å²) in [5.41, 5.74) is 10.1. The van der Waals surface area contributed by atoms with Gasteiger partial charge in [-0.1, -0.05) is 54.1 Å². The highest BCUT2D eigenvalue weighted by Crippen LogP contribution is 2.34. The summed E-state index contributed by atoms with van der Waals surface area (Å²) < 4.78 is 6.78. The molecule has 0 fully saturated rings. The molecule has 4 N–H and O–H groups in total. The van der Waals surface area contributed by atoms with E-state index >= 15 is 0 Å². The molecule has 0 atom stereocenters. The average molecular weight is 462 g/mol. The lowest BCUT2D eigenvalue weighted by Crippen LogP contribution is -2.30. The predicted octanol–water partition coefficient (Wildman–Crippen LogP) is 5.15. The summed E-state index contributed by atoms with van der Waals surface area (Å²) in [4.78, 5) is 12.7. The first-order chi connectivity index (χ1) is 16.0. The minimum atomic E-state index is -0.363. The van der Waals surface area contributed by atoms with E-state index in [1.54, 1.807) is 23.9 Å². The topological polar surface area (TPSA) is 94.2 Å². The fourth-order valence-corrected chi connectivity index (χ4v) is 3.53. The molecule has 0 saturated carbocycles. The van der Waals surface area contributed by atoms with Crippen LogP contribution >= 0.6 is 11.6 Å². The zero-order valence-corrected chi connectivity index (χ0v) is 18.8. The minimum Gasteiger partial charge on any atom is -0.497 e. The number of ether oxygens (including phenoxy) is 1. The molecule has 3 aromatic carbocycles. The van der Waals surface area contributed by atoms with Crippen LogP contribution in [0.4, 0.5) is 16.3 Å². The van der Waals surface area contributed by atoms with Gasteiger partial charge in [0.1, 0.15) is 17.1 Å². The number of halogens is 1. The second-order valence-corrected chi connectivity index (χ2v) is 7.78. The molecular formula is C25H24ClN5O2. The number of nitrogens with two attached hydrogens (primary N) is 1. The lowest BCUT2D eigenvalue weighted by atomic mass is 10.1. The number of amides is 2. The molecule has 4 rings (SSSR count). The van der Waals surface area contributed by atoms with Crippen LogP contribution in [0.25, 0.3) is 16.9 Å². The number of anilines is 2. The van der Waals surface area contributed by atoms with Gasteiger partial charge in [-0.25, -0.2) is 9.48 Å². The van der Waals surface area contributed by atoms with Crippen molar-refractivity contribution < 1.29 is 9.53 Å². The molecule has 168 valence electrons. The molecule has 0 aliphatic rings. The summed E-state index contributed by atoms with van der Waals surface area (Å²) in [7, 11) is 1.63. The van der Waals surface area contributed by atoms with Crippen LogP contribution in [0.2, 0.25) is 5.02 Å². The van der Waals surface area contributed by atoms with Gasteiger partial charge in [-0.05, 0) is 48.4 Å². The summed E-state index contributed by atoms with van der Waals surface area (Å²) in [5, 5.41) is 11.0. The number of carbonyl (C=O) groups is 1. The van der Waals surface area contributed by atoms with Crippen LogP contribution in [0.1, 0.15) is 5.56 Å². The fourth-order valence-electron chi connectivity index (χ4n) is 3.40. The van der Waals surface area contributed by atoms with Crippen molar-refractivity contribution in [3.63, 3.8) is 0 Å². The van der Waals surface area contributed by atoms with Gasteiger partial charge in [0.2, 0.25) is 0 Å². The van der Waals surface area contributed by atoms with E-state index in [0.29, 0.717) is 35.2 Å². The van der Waals surface area contributed by atoms with Crippen LogP contribution in [0.15, 0.2) is 78.9 Å². The molecule has 7 nitrogen and oxygen atoms in total. The molecule has 2 amide bonds. The van der Waals surface area contributed by atoms with Crippen LogP contribution in [-0.4, -0.2) is 29.5 Å². The Morgan fingerprint density at radius 3 is 2.39 bits per heavy atom. The van der Waals surface area contributed by atoms with E-state index in [4.69, 9.17) is 22.1 Å². The maximum absolute atomic E-state index is 12.7. The van der Waals surface area contributed by atoms with Gasteiger partial charge >= 0.3 is 6.03 Å². The SMILES string of the molecule is COc1ccc(CCNC(=O)Nc2c(-c3ccc(Cl)cc3)nn(-c3ccccc3)c2N)cc1. The molecular weight excluding hydrogens is 438 g/mol. The van der Waals surface area contributed by atoms with Gasteiger partial charge in [-0.2, -0.15) is 5.10 Å². The van der Waals surface area contributed by atoms with Crippen molar-refractivity contribution in [2.45, 2.75) is 6.42 Å². The largest absolute Gasteiger partial charge is 0.497 e. The Kier molecular flexibility index (Phi) is 6.80. The maximum atomic E-state index is 12.7. The third kappa shape index (κ3) is 5.27. The Morgan fingerprint density at radius 1 is 1.03 bits per heavy atom. The number of nitrogens with zero attached hydrogens (tertiary/aromatic N) is 2. The Balaban J connectivity index is 1.53. The molecule has 1 heterocycles. The van der Waals surface area contributed by atoms with Crippen molar-refractivity contribution in [1.29, 1.82) is 0 Å². The molecule has 33 heavy (non-hydrogen) atoms. The first kappa shape index (κ1) is 22.2. The number of urea groups is 1. The standard InChI is InChI=1S/C25H24ClN5O2/c1-33-21-13-7-17(8-14-21)15-16-28-25(32)29-23-22(18-9-11-19(26)12-10-18)30-31(24(23)27)20-5-3-2-4-6-20/h2-14H,15-16,27H2,1H3,(H2,28,29,32). The third-order valence-corrected chi connectivity index (χ3v) is 5.39. The van der Waals surface area contributed by atoms with Crippen LogP contribution in [0.3, 0.4) is 0 Å². The number of nitrogens with one attached hydrogen (secondary N) is 2. The highest BCUT2D eigenvalue weighted by atomic mass is 35.5. The van der Waals surface area contributed by atoms with Crippen molar-refractivity contribution >= 4 is 29.1 Å². The highest BCUT2D eigenvalue weighted by Gasteiger charge is 2.20. The second kappa shape index (κ2) is 10.1. The molecule has 0 saturated heterocycles. The Labute approximate surface area is 197 Å². The summed E-state index contributed by atoms with van der Waals surface area (Å²) in [6.07, 6.45) is 0.681. The van der Waals surface area contributed by atoms with Crippen LogP contribution in [0.5, 0.6) is 5.75 Å². The first-order valence-corrected chi connectivity index (χ1v) is 10.8. The van der Waals surface area contributed by atoms with Crippen LogP contribution in [-0.2, 0) is 6.42 Å². The third-order valence-electron chi connectivity index (χ3n) is 5.14. The van der Waals surface area contributed by atoms with E-state index in [2.05, 4.69) is 15.7 Å². The van der Waals surface area contributed by atoms with Gasteiger partial charge in [0.05, 0.1) is 12.8 Å². The van der Waals surface area contributed by atoms with Crippen LogP contribution < -0.4 is 21.1 Å². The normalized spacial score (nSPS) is 10.6. The molecule has 0 unspecified atom stereocenters. The Bertz CT molecular complexity index is 1220. The second-order valence-electron chi connectivity index (χ2n) is 7.34. The van der Waals surface area contributed by atoms with Gasteiger partial charge in [-0.15, -0.1) is 0 Å². The van der Waals surface area contributed by atoms with Gasteiger partial charge in [0.25, 0.3) is 0 Å². The molecule has 0 aliphatic carbocycles. The van der Waals surface area contributed by atoms with E-state index in [-0.39, 0.29) is 6.03 Å². The van der Waals surface area contributed by atoms with Crippen molar-refractivity contribution in [3.8, 4) is 22.7 Å². The first-order valence-electron chi connectivity index (χ1n) is 10.4. The molecule has 8 heteroatoms. The van der Waals surface area contributed by atoms with Gasteiger partial charge < -0.3 is 21.1 Å². The average Bonchev–Trinajstić information content (AvgIpc) is 3.16. The molecule has 0 bridgehead atoms. The Hall–Kier alpha value is -3.97. The molecule has 0 aliphatic heterocycles. The number of para-hydroxylation sites is 1. The van der Waals surface area contributed by atoms with Crippen molar-refractivity contribution in [2.24, 2.45) is 0 Å². The number of aromatic nitrogens is 2. The quantitative estimate of drug-likeness (QED) is 0.355. The summed E-state index contributed by atoms with van der Waals surface area (Å²) in [6.45, 7) is 0.459. The minimum absolute atomic E-state index is 0.330. The van der Waals surface area contributed by atoms with Crippen LogP contribution in [0, 0.1) is 0 Å². The van der Waals surface area contributed by atoms with E-state index in [0.717, 1.165) is 22.6 Å². The predicted molar refractivity (Wildman–Crippen MR) is 132 cm³/mol. The summed E-state index contributed by atoms with van der Waals surface area (Å²) >= 11 is 6.04. The van der Waals surface area contributed by atoms with Crippen molar-refractivity contribution in [2.75, 3.05) is 24.7 Å². The van der Waals surface area contributed by atoms with Gasteiger partial charge in [0.15, 0.2) is 5.82 Å². The van der Waals surface area contributed by atoms with Gasteiger partial charge in [0, 0.05) is 17.1 Å². The zero-order valence-electron chi connectivity index (χ0n) is 18.1. The number of carbonyl (C=O) groups excluding carboxylic acids is 1. The number of benzene rings is 3. The van der Waals surface area contributed by atoms with E-state index in [9.17, 15) is 4.79 Å². The number of hydrogen-bond donors (Lipinski definition) is 3. The van der Waals surface area contributed by atoms with E-state index in [1.165, 1.54) is 0 Å². The van der Waals surface area contributed by atoms with E-state index in [1.807, 2.05) is 66.7 Å². The molecule has 4 aromatic rings. The van der Waals surface area contributed by atoms with Crippen molar-refractivity contribution in [1.82, 2.24) is 15.1 Å². The highest BCUT2D eigenvalue weighted by molar-refractivity contribution is 6.30. The molecule has 0 spiro atoms. The molecule has 0 radical (unpaired) electrons. The number of nitrogen functional groups attached to an aromatic ring is 1. The van der Waals surface area contributed by atoms with Crippen molar-refractivity contribution in [3.05, 3.63) is 89.4 Å². The number of methoxy groups -OCH3 is 1. The fraction of sp³-hybridized carbons (Fsp3) is 0.120. The van der Waals surface area contributed by atoms with E-state index < -0.39 is 0 Å². The zero-order chi connectivity index (χ0) is 23.2. The lowest BCUT2D eigenvalue weighted by molar-refractivity contribution is 0.252. The monoisotopic (exact) mass is 461 g/mol. The maximum Gasteiger partial charge on any atom is 0.319 e. The van der Waals surface area contributed by atoms with Gasteiger partial charge in [-0.3, -0.25) is 0 Å². The number of hydrogen-bond acceptors (Lipinski definition) is 4. The molecule has 1 aromatic heterocycles.